The summed E-state index contributed by atoms with van der Waals surface area (Å²) in [5.74, 6) is 1.08. The van der Waals surface area contributed by atoms with Crippen LogP contribution < -0.4 is 5.73 Å². The van der Waals surface area contributed by atoms with Crippen molar-refractivity contribution in [3.8, 4) is 11.5 Å². The number of nitrogen functional groups attached to an aromatic ring is 1. The Bertz CT molecular complexity index is 508. The number of aromatic nitrogens is 2. The summed E-state index contributed by atoms with van der Waals surface area (Å²) < 4.78 is 10.1. The summed E-state index contributed by atoms with van der Waals surface area (Å²) in [7, 11) is 1.64. The Morgan fingerprint density at radius 3 is 3.00 bits per heavy atom. The van der Waals surface area contributed by atoms with E-state index < -0.39 is 0 Å². The van der Waals surface area contributed by atoms with Crippen molar-refractivity contribution in [3.05, 3.63) is 29.6 Å². The van der Waals surface area contributed by atoms with Gasteiger partial charge in [-0.3, -0.25) is 0 Å². The zero-order valence-corrected chi connectivity index (χ0v) is 9.93. The van der Waals surface area contributed by atoms with Crippen LogP contribution in [0.3, 0.4) is 0 Å². The molecule has 2 aromatic rings. The number of hydrogen-bond acceptors (Lipinski definition) is 5. The van der Waals surface area contributed by atoms with Crippen molar-refractivity contribution in [2.75, 3.05) is 19.5 Å². The molecule has 0 saturated carbocycles. The van der Waals surface area contributed by atoms with E-state index in [0.717, 1.165) is 11.1 Å². The quantitative estimate of drug-likeness (QED) is 0.815. The molecule has 0 bridgehead atoms. The van der Waals surface area contributed by atoms with Crippen LogP contribution in [-0.4, -0.2) is 23.9 Å². The normalized spacial score (nSPS) is 10.7. The molecule has 0 radical (unpaired) electrons. The van der Waals surface area contributed by atoms with Gasteiger partial charge in [0.05, 0.1) is 12.2 Å². The minimum Gasteiger partial charge on any atom is -0.398 e. The molecule has 17 heavy (non-hydrogen) atoms. The SMILES string of the molecule is COCCc1noc(-c2cccc(C)c2N)n1. The molecule has 1 aromatic heterocycles. The van der Waals surface area contributed by atoms with E-state index in [4.69, 9.17) is 15.0 Å². The van der Waals surface area contributed by atoms with Gasteiger partial charge in [0.2, 0.25) is 0 Å². The first-order valence-corrected chi connectivity index (χ1v) is 5.39. The van der Waals surface area contributed by atoms with Crippen molar-refractivity contribution >= 4 is 5.69 Å². The number of hydrogen-bond donors (Lipinski definition) is 1. The maximum Gasteiger partial charge on any atom is 0.260 e. The predicted octanol–water partition coefficient (Wildman–Crippen LogP) is 1.82. The number of anilines is 1. The first-order valence-electron chi connectivity index (χ1n) is 5.39. The zero-order valence-electron chi connectivity index (χ0n) is 9.93. The average molecular weight is 233 g/mol. The topological polar surface area (TPSA) is 74.2 Å². The second-order valence-corrected chi connectivity index (χ2v) is 3.79. The summed E-state index contributed by atoms with van der Waals surface area (Å²) in [6.07, 6.45) is 0.631. The Morgan fingerprint density at radius 1 is 1.41 bits per heavy atom. The Morgan fingerprint density at radius 2 is 2.24 bits per heavy atom. The number of nitrogens with two attached hydrogens (primary N) is 1. The van der Waals surface area contributed by atoms with Gasteiger partial charge >= 0.3 is 0 Å². The molecule has 0 fully saturated rings. The Labute approximate surface area is 99.6 Å². The molecule has 0 saturated heterocycles. The molecule has 0 spiro atoms. The lowest BCUT2D eigenvalue weighted by Crippen LogP contribution is -1.97. The number of methoxy groups -OCH3 is 1. The van der Waals surface area contributed by atoms with E-state index in [0.29, 0.717) is 30.4 Å². The van der Waals surface area contributed by atoms with Crippen LogP contribution in [0, 0.1) is 6.92 Å². The van der Waals surface area contributed by atoms with Crippen LogP contribution in [0.25, 0.3) is 11.5 Å². The second kappa shape index (κ2) is 4.97. The zero-order chi connectivity index (χ0) is 12.3. The first kappa shape index (κ1) is 11.6. The molecule has 90 valence electrons. The number of ether oxygens (including phenoxy) is 1. The van der Waals surface area contributed by atoms with E-state index in [1.165, 1.54) is 0 Å². The number of aryl methyl sites for hydroxylation is 1. The lowest BCUT2D eigenvalue weighted by Gasteiger charge is -2.02. The summed E-state index contributed by atoms with van der Waals surface area (Å²) in [6.45, 7) is 2.52. The van der Waals surface area contributed by atoms with Crippen molar-refractivity contribution in [2.45, 2.75) is 13.3 Å². The van der Waals surface area contributed by atoms with E-state index in [1.54, 1.807) is 7.11 Å². The summed E-state index contributed by atoms with van der Waals surface area (Å²) in [6, 6.07) is 5.73. The molecular formula is C12H15N3O2. The molecule has 0 unspecified atom stereocenters. The van der Waals surface area contributed by atoms with Crippen LogP contribution in [0.15, 0.2) is 22.7 Å². The van der Waals surface area contributed by atoms with Crippen molar-refractivity contribution < 1.29 is 9.26 Å². The Kier molecular flexibility index (Phi) is 3.39. The fourth-order valence-electron chi connectivity index (χ4n) is 1.53. The van der Waals surface area contributed by atoms with Gasteiger partial charge in [0.25, 0.3) is 5.89 Å². The monoisotopic (exact) mass is 233 g/mol. The van der Waals surface area contributed by atoms with Gasteiger partial charge in [-0.15, -0.1) is 0 Å². The highest BCUT2D eigenvalue weighted by atomic mass is 16.5. The summed E-state index contributed by atoms with van der Waals surface area (Å²) in [5, 5.41) is 3.88. The smallest absolute Gasteiger partial charge is 0.260 e. The van der Waals surface area contributed by atoms with Crippen molar-refractivity contribution in [1.29, 1.82) is 0 Å². The van der Waals surface area contributed by atoms with E-state index in [9.17, 15) is 0 Å². The van der Waals surface area contributed by atoms with Gasteiger partial charge in [-0.05, 0) is 18.6 Å². The fourth-order valence-corrected chi connectivity index (χ4v) is 1.53. The van der Waals surface area contributed by atoms with E-state index in [-0.39, 0.29) is 0 Å². The molecule has 0 atom stereocenters. The first-order chi connectivity index (χ1) is 8.22. The highest BCUT2D eigenvalue weighted by molar-refractivity contribution is 5.72. The van der Waals surface area contributed by atoms with Crippen LogP contribution in [0.5, 0.6) is 0 Å². The molecule has 2 N–H and O–H groups in total. The van der Waals surface area contributed by atoms with Crippen LogP contribution in [-0.2, 0) is 11.2 Å². The van der Waals surface area contributed by atoms with Crippen LogP contribution >= 0.6 is 0 Å². The van der Waals surface area contributed by atoms with Gasteiger partial charge in [0.1, 0.15) is 0 Å². The third kappa shape index (κ3) is 2.45. The second-order valence-electron chi connectivity index (χ2n) is 3.79. The van der Waals surface area contributed by atoms with Crippen LogP contribution in [0.1, 0.15) is 11.4 Å². The molecule has 0 aliphatic heterocycles. The van der Waals surface area contributed by atoms with Gasteiger partial charge in [0, 0.05) is 19.2 Å². The summed E-state index contributed by atoms with van der Waals surface area (Å²) in [4.78, 5) is 4.28. The summed E-state index contributed by atoms with van der Waals surface area (Å²) >= 11 is 0. The molecule has 1 heterocycles. The molecule has 5 nitrogen and oxygen atoms in total. The van der Waals surface area contributed by atoms with Crippen molar-refractivity contribution in [3.63, 3.8) is 0 Å². The van der Waals surface area contributed by atoms with E-state index >= 15 is 0 Å². The van der Waals surface area contributed by atoms with Gasteiger partial charge in [-0.2, -0.15) is 4.98 Å². The highest BCUT2D eigenvalue weighted by Gasteiger charge is 2.12. The molecule has 0 aliphatic rings. The molecule has 5 heteroatoms. The molecular weight excluding hydrogens is 218 g/mol. The lowest BCUT2D eigenvalue weighted by atomic mass is 10.1. The third-order valence-corrected chi connectivity index (χ3v) is 2.55. The van der Waals surface area contributed by atoms with Crippen molar-refractivity contribution in [1.82, 2.24) is 10.1 Å². The fraction of sp³-hybridized carbons (Fsp3) is 0.333. The van der Waals surface area contributed by atoms with Crippen molar-refractivity contribution in [2.24, 2.45) is 0 Å². The Hall–Kier alpha value is -1.88. The molecule has 0 amide bonds. The number of rotatable bonds is 4. The average Bonchev–Trinajstić information content (AvgIpc) is 2.78. The highest BCUT2D eigenvalue weighted by Crippen LogP contribution is 2.26. The van der Waals surface area contributed by atoms with E-state index in [1.807, 2.05) is 25.1 Å². The minimum absolute atomic E-state index is 0.456. The maximum atomic E-state index is 5.97. The predicted molar refractivity (Wildman–Crippen MR) is 64.5 cm³/mol. The van der Waals surface area contributed by atoms with Gasteiger partial charge < -0.3 is 15.0 Å². The minimum atomic E-state index is 0.456. The van der Waals surface area contributed by atoms with Gasteiger partial charge in [-0.1, -0.05) is 17.3 Å². The molecule has 1 aromatic carbocycles. The standard InChI is InChI=1S/C12H15N3O2/c1-8-4-3-5-9(11(8)13)12-14-10(15-17-12)6-7-16-2/h3-5H,6-7,13H2,1-2H3. The largest absolute Gasteiger partial charge is 0.398 e. The van der Waals surface area contributed by atoms with Gasteiger partial charge in [0.15, 0.2) is 5.82 Å². The summed E-state index contributed by atoms with van der Waals surface area (Å²) in [5.41, 5.74) is 8.43. The molecule has 2 rings (SSSR count). The Balaban J connectivity index is 2.27. The van der Waals surface area contributed by atoms with Crippen LogP contribution in [0.2, 0.25) is 0 Å². The van der Waals surface area contributed by atoms with Gasteiger partial charge in [-0.25, -0.2) is 0 Å². The maximum absolute atomic E-state index is 5.97. The van der Waals surface area contributed by atoms with E-state index in [2.05, 4.69) is 10.1 Å². The number of para-hydroxylation sites is 1. The number of nitrogens with zero attached hydrogens (tertiary/aromatic N) is 2. The molecule has 0 aliphatic carbocycles. The lowest BCUT2D eigenvalue weighted by molar-refractivity contribution is 0.199. The van der Waals surface area contributed by atoms with Crippen LogP contribution in [0.4, 0.5) is 5.69 Å². The third-order valence-electron chi connectivity index (χ3n) is 2.55. The number of benzene rings is 1.